The molecule has 15 heavy (non-hydrogen) atoms. The van der Waals surface area contributed by atoms with E-state index in [4.69, 9.17) is 16.3 Å². The van der Waals surface area contributed by atoms with Gasteiger partial charge in [0.1, 0.15) is 5.75 Å². The molecule has 2 heteroatoms. The van der Waals surface area contributed by atoms with Crippen LogP contribution in [0.15, 0.2) is 24.3 Å². The Labute approximate surface area is 96.4 Å². The van der Waals surface area contributed by atoms with Gasteiger partial charge in [-0.3, -0.25) is 0 Å². The molecule has 1 aromatic carbocycles. The highest BCUT2D eigenvalue weighted by Gasteiger charge is 2.48. The number of methoxy groups -OCH3 is 1. The third-order valence-electron chi connectivity index (χ3n) is 3.49. The summed E-state index contributed by atoms with van der Waals surface area (Å²) >= 11 is 5.88. The zero-order chi connectivity index (χ0) is 10.9. The minimum atomic E-state index is 0.441. The van der Waals surface area contributed by atoms with E-state index in [-0.39, 0.29) is 0 Å². The van der Waals surface area contributed by atoms with Crippen molar-refractivity contribution in [3.05, 3.63) is 29.8 Å². The van der Waals surface area contributed by atoms with Gasteiger partial charge >= 0.3 is 0 Å². The summed E-state index contributed by atoms with van der Waals surface area (Å²) in [6, 6.07) is 8.34. The molecule has 0 heterocycles. The first-order valence-electron chi connectivity index (χ1n) is 5.37. The molecule has 82 valence electrons. The molecular weight excluding hydrogens is 208 g/mol. The van der Waals surface area contributed by atoms with E-state index in [1.807, 2.05) is 12.1 Å². The van der Waals surface area contributed by atoms with E-state index in [0.717, 1.165) is 18.1 Å². The van der Waals surface area contributed by atoms with Crippen molar-refractivity contribution in [2.75, 3.05) is 13.0 Å². The van der Waals surface area contributed by atoms with Gasteiger partial charge in [-0.25, -0.2) is 0 Å². The molecule has 2 rings (SSSR count). The smallest absolute Gasteiger partial charge is 0.118 e. The summed E-state index contributed by atoms with van der Waals surface area (Å²) in [5, 5.41) is 0. The molecule has 0 radical (unpaired) electrons. The zero-order valence-corrected chi connectivity index (χ0v) is 10.1. The number of halogens is 1. The molecule has 1 fully saturated rings. The first-order valence-corrected chi connectivity index (χ1v) is 5.90. The van der Waals surface area contributed by atoms with Gasteiger partial charge in [-0.15, -0.1) is 11.6 Å². The van der Waals surface area contributed by atoms with Crippen LogP contribution >= 0.6 is 11.6 Å². The van der Waals surface area contributed by atoms with Gasteiger partial charge in [-0.05, 0) is 41.9 Å². The maximum Gasteiger partial charge on any atom is 0.118 e. The summed E-state index contributed by atoms with van der Waals surface area (Å²) in [6.07, 6.45) is 2.40. The molecule has 2 atom stereocenters. The average Bonchev–Trinajstić information content (AvgIpc) is 2.90. The fourth-order valence-corrected chi connectivity index (χ4v) is 2.65. The molecule has 1 aliphatic carbocycles. The first kappa shape index (κ1) is 10.8. The number of ether oxygens (including phenoxy) is 1. The summed E-state index contributed by atoms with van der Waals surface area (Å²) in [6.45, 7) is 2.32. The molecule has 0 saturated heterocycles. The van der Waals surface area contributed by atoms with Crippen molar-refractivity contribution in [3.8, 4) is 5.75 Å². The Hall–Kier alpha value is -0.690. The third-order valence-corrected chi connectivity index (χ3v) is 3.86. The standard InChI is InChI=1S/C13H17ClO/c1-13(8-11(13)9-14)7-10-3-5-12(15-2)6-4-10/h3-6,11H,7-9H2,1-2H3. The molecular formula is C13H17ClO. The minimum absolute atomic E-state index is 0.441. The lowest BCUT2D eigenvalue weighted by Gasteiger charge is -2.10. The summed E-state index contributed by atoms with van der Waals surface area (Å²) in [5.41, 5.74) is 1.82. The number of alkyl halides is 1. The van der Waals surface area contributed by atoms with Gasteiger partial charge in [0.2, 0.25) is 0 Å². The molecule has 0 aliphatic heterocycles. The van der Waals surface area contributed by atoms with E-state index >= 15 is 0 Å². The van der Waals surface area contributed by atoms with Crippen LogP contribution in [0, 0.1) is 11.3 Å². The number of hydrogen-bond acceptors (Lipinski definition) is 1. The molecule has 1 aromatic rings. The van der Waals surface area contributed by atoms with Gasteiger partial charge in [0.25, 0.3) is 0 Å². The topological polar surface area (TPSA) is 9.23 Å². The van der Waals surface area contributed by atoms with Gasteiger partial charge in [-0.1, -0.05) is 19.1 Å². The van der Waals surface area contributed by atoms with Crippen LogP contribution in [0.3, 0.4) is 0 Å². The largest absolute Gasteiger partial charge is 0.497 e. The Morgan fingerprint density at radius 1 is 1.40 bits per heavy atom. The molecule has 0 N–H and O–H groups in total. The maximum absolute atomic E-state index is 5.88. The lowest BCUT2D eigenvalue weighted by atomic mass is 9.96. The molecule has 1 nitrogen and oxygen atoms in total. The quantitative estimate of drug-likeness (QED) is 0.712. The predicted octanol–water partition coefficient (Wildman–Crippen LogP) is 3.50. The van der Waals surface area contributed by atoms with E-state index in [2.05, 4.69) is 19.1 Å². The summed E-state index contributed by atoms with van der Waals surface area (Å²) in [5.74, 6) is 2.43. The van der Waals surface area contributed by atoms with E-state index in [1.54, 1.807) is 7.11 Å². The van der Waals surface area contributed by atoms with Gasteiger partial charge in [0, 0.05) is 5.88 Å². The van der Waals surface area contributed by atoms with Crippen LogP contribution in [0.5, 0.6) is 5.75 Å². The van der Waals surface area contributed by atoms with E-state index in [1.165, 1.54) is 12.0 Å². The fourth-order valence-electron chi connectivity index (χ4n) is 2.17. The van der Waals surface area contributed by atoms with Crippen LogP contribution in [0.2, 0.25) is 0 Å². The maximum atomic E-state index is 5.88. The summed E-state index contributed by atoms with van der Waals surface area (Å²) < 4.78 is 5.14. The Morgan fingerprint density at radius 3 is 2.53 bits per heavy atom. The van der Waals surface area contributed by atoms with Crippen LogP contribution in [0.1, 0.15) is 18.9 Å². The number of rotatable bonds is 4. The normalized spacial score (nSPS) is 28.9. The van der Waals surface area contributed by atoms with Crippen LogP contribution in [-0.4, -0.2) is 13.0 Å². The third kappa shape index (κ3) is 2.28. The second-order valence-electron chi connectivity index (χ2n) is 4.73. The van der Waals surface area contributed by atoms with E-state index in [0.29, 0.717) is 11.3 Å². The number of benzene rings is 1. The summed E-state index contributed by atoms with van der Waals surface area (Å²) in [7, 11) is 1.70. The first-order chi connectivity index (χ1) is 7.18. The van der Waals surface area contributed by atoms with Crippen molar-refractivity contribution in [1.82, 2.24) is 0 Å². The highest BCUT2D eigenvalue weighted by atomic mass is 35.5. The fraction of sp³-hybridized carbons (Fsp3) is 0.538. The van der Waals surface area contributed by atoms with Gasteiger partial charge in [0.15, 0.2) is 0 Å². The minimum Gasteiger partial charge on any atom is -0.497 e. The molecule has 0 amide bonds. The van der Waals surface area contributed by atoms with Crippen molar-refractivity contribution in [3.63, 3.8) is 0 Å². The van der Waals surface area contributed by atoms with Crippen LogP contribution in [-0.2, 0) is 6.42 Å². The highest BCUT2D eigenvalue weighted by Crippen LogP contribution is 2.54. The lowest BCUT2D eigenvalue weighted by molar-refractivity contribution is 0.414. The lowest BCUT2D eigenvalue weighted by Crippen LogP contribution is -2.03. The molecule has 0 aromatic heterocycles. The molecule has 1 aliphatic rings. The molecule has 0 bridgehead atoms. The van der Waals surface area contributed by atoms with Crippen molar-refractivity contribution >= 4 is 11.6 Å². The molecule has 2 unspecified atom stereocenters. The molecule has 1 saturated carbocycles. The van der Waals surface area contributed by atoms with Gasteiger partial charge in [-0.2, -0.15) is 0 Å². The van der Waals surface area contributed by atoms with Crippen molar-refractivity contribution < 1.29 is 4.74 Å². The average molecular weight is 225 g/mol. The molecule has 0 spiro atoms. The van der Waals surface area contributed by atoms with Crippen molar-refractivity contribution in [1.29, 1.82) is 0 Å². The Bertz CT molecular complexity index is 333. The number of hydrogen-bond donors (Lipinski definition) is 0. The Morgan fingerprint density at radius 2 is 2.07 bits per heavy atom. The van der Waals surface area contributed by atoms with Crippen LogP contribution < -0.4 is 4.74 Å². The van der Waals surface area contributed by atoms with E-state index < -0.39 is 0 Å². The Kier molecular flexibility index (Phi) is 2.92. The van der Waals surface area contributed by atoms with Crippen molar-refractivity contribution in [2.24, 2.45) is 11.3 Å². The van der Waals surface area contributed by atoms with Crippen LogP contribution in [0.25, 0.3) is 0 Å². The highest BCUT2D eigenvalue weighted by molar-refractivity contribution is 6.18. The summed E-state index contributed by atoms with van der Waals surface area (Å²) in [4.78, 5) is 0. The Balaban J connectivity index is 2.00. The second kappa shape index (κ2) is 4.05. The van der Waals surface area contributed by atoms with Crippen LogP contribution in [0.4, 0.5) is 0 Å². The van der Waals surface area contributed by atoms with Crippen molar-refractivity contribution in [2.45, 2.75) is 19.8 Å². The monoisotopic (exact) mass is 224 g/mol. The van der Waals surface area contributed by atoms with Gasteiger partial charge < -0.3 is 4.74 Å². The van der Waals surface area contributed by atoms with E-state index in [9.17, 15) is 0 Å². The SMILES string of the molecule is COc1ccc(CC2(C)CC2CCl)cc1. The van der Waals surface area contributed by atoms with Gasteiger partial charge in [0.05, 0.1) is 7.11 Å². The second-order valence-corrected chi connectivity index (χ2v) is 5.04. The zero-order valence-electron chi connectivity index (χ0n) is 9.29. The predicted molar refractivity (Wildman–Crippen MR) is 63.6 cm³/mol.